The van der Waals surface area contributed by atoms with Gasteiger partial charge in [0, 0.05) is 40.6 Å². The second-order valence-electron chi connectivity index (χ2n) is 9.67. The number of carbonyl (C=O) groups excluding carboxylic acids is 2. The minimum absolute atomic E-state index is 0.0885. The number of aromatic amines is 2. The van der Waals surface area contributed by atoms with Gasteiger partial charge >= 0.3 is 0 Å². The number of hydrogen-bond acceptors (Lipinski definition) is 8. The van der Waals surface area contributed by atoms with Gasteiger partial charge in [0.25, 0.3) is 11.8 Å². The molecule has 3 heterocycles. The first-order chi connectivity index (χ1) is 21.1. The first-order valence-electron chi connectivity index (χ1n) is 13.2. The highest BCUT2D eigenvalue weighted by Crippen LogP contribution is 2.35. The highest BCUT2D eigenvalue weighted by Gasteiger charge is 2.14. The first kappa shape index (κ1) is 29.8. The van der Waals surface area contributed by atoms with Crippen LogP contribution in [0, 0.1) is 12.7 Å². The number of aromatic nitrogens is 3. The van der Waals surface area contributed by atoms with Crippen molar-refractivity contribution in [2.24, 2.45) is 10.2 Å². The second kappa shape index (κ2) is 12.7. The Hall–Kier alpha value is -5.69. The van der Waals surface area contributed by atoms with Gasteiger partial charge < -0.3 is 36.8 Å². The minimum atomic E-state index is -0.474. The lowest BCUT2D eigenvalue weighted by molar-refractivity contribution is 0.0953. The van der Waals surface area contributed by atoms with Crippen molar-refractivity contribution in [3.8, 4) is 5.88 Å². The highest BCUT2D eigenvalue weighted by atomic mass is 35.5. The van der Waals surface area contributed by atoms with Crippen LogP contribution >= 0.6 is 11.6 Å². The number of fused-ring (bicyclic) bond motifs is 1. The lowest BCUT2D eigenvalue weighted by Crippen LogP contribution is -2.34. The average Bonchev–Trinajstić information content (AvgIpc) is 3.46. The number of hydrogen-bond donors (Lipinski definition) is 7. The molecule has 0 spiro atoms. The zero-order chi connectivity index (χ0) is 31.4. The summed E-state index contributed by atoms with van der Waals surface area (Å²) in [7, 11) is 0. The fraction of sp³-hybridized carbons (Fsp3) is 0.100. The number of anilines is 3. The molecule has 5 rings (SSSR count). The normalized spacial score (nSPS) is 11.8. The quantitative estimate of drug-likeness (QED) is 0.0735. The van der Waals surface area contributed by atoms with Crippen LogP contribution in [0.5, 0.6) is 5.88 Å². The van der Waals surface area contributed by atoms with Crippen LogP contribution in [-0.2, 0) is 0 Å². The van der Waals surface area contributed by atoms with Crippen molar-refractivity contribution in [1.29, 1.82) is 0 Å². The predicted octanol–water partition coefficient (Wildman–Crippen LogP) is 4.31. The number of nitrogen functional groups attached to an aromatic ring is 1. The van der Waals surface area contributed by atoms with Gasteiger partial charge in [-0.3, -0.25) is 9.59 Å². The number of pyridine rings is 1. The van der Waals surface area contributed by atoms with Crippen LogP contribution in [0.15, 0.2) is 65.0 Å². The number of amides is 2. The summed E-state index contributed by atoms with van der Waals surface area (Å²) < 4.78 is 13.7. The molecule has 0 aliphatic rings. The van der Waals surface area contributed by atoms with Crippen molar-refractivity contribution in [2.45, 2.75) is 6.92 Å². The summed E-state index contributed by atoms with van der Waals surface area (Å²) >= 11 is 5.90. The molecular formula is C30H27ClFN9O3. The summed E-state index contributed by atoms with van der Waals surface area (Å²) in [5.74, 6) is -0.915. The molecular weight excluding hydrogens is 589 g/mol. The molecule has 0 unspecified atom stereocenters. The van der Waals surface area contributed by atoms with Crippen LogP contribution in [0.2, 0.25) is 5.02 Å². The maximum Gasteiger partial charge on any atom is 0.257 e. The molecule has 2 aromatic carbocycles. The predicted molar refractivity (Wildman–Crippen MR) is 168 cm³/mol. The van der Waals surface area contributed by atoms with Gasteiger partial charge in [0.05, 0.1) is 39.6 Å². The maximum absolute atomic E-state index is 13.7. The summed E-state index contributed by atoms with van der Waals surface area (Å²) in [5.41, 5.74) is 8.55. The fourth-order valence-electron chi connectivity index (χ4n) is 4.43. The van der Waals surface area contributed by atoms with Gasteiger partial charge in [-0.25, -0.2) is 9.37 Å². The van der Waals surface area contributed by atoms with Crippen LogP contribution in [0.4, 0.5) is 27.3 Å². The third-order valence-corrected chi connectivity index (χ3v) is 6.85. The second-order valence-corrected chi connectivity index (χ2v) is 10.1. The Morgan fingerprint density at radius 3 is 2.70 bits per heavy atom. The molecule has 3 aromatic heterocycles. The molecule has 0 bridgehead atoms. The van der Waals surface area contributed by atoms with Gasteiger partial charge in [-0.15, -0.1) is 5.11 Å². The van der Waals surface area contributed by atoms with E-state index in [1.165, 1.54) is 30.6 Å². The lowest BCUT2D eigenvalue weighted by atomic mass is 10.2. The van der Waals surface area contributed by atoms with E-state index in [1.807, 2.05) is 0 Å². The monoisotopic (exact) mass is 615 g/mol. The van der Waals surface area contributed by atoms with Crippen molar-refractivity contribution in [2.75, 3.05) is 29.5 Å². The summed E-state index contributed by atoms with van der Waals surface area (Å²) in [4.78, 5) is 35.4. The number of nitrogens with two attached hydrogens (primary N) is 1. The number of aromatic hydroxyl groups is 1. The number of carbonyl (C=O) groups is 2. The Labute approximate surface area is 254 Å². The molecule has 2 amide bonds. The standard InChI is InChI=1S/C30H27ClFN9O3/c1-15-24(14-37-41-27-20-12-19(32)5-7-22(20)39-30(27)44)38-16(2)26(15)29(43)35-10-9-34-25-8-3-17(13-36-25)28(42)40-23-6-4-18(31)11-21(23)33/h3-8,11-14,38-39,44H,1,9-10,33H2,2H3,(H,34,36)(H,35,43)(H,40,42). The first-order valence-corrected chi connectivity index (χ1v) is 13.6. The minimum Gasteiger partial charge on any atom is -0.493 e. The topological polar surface area (TPSA) is 186 Å². The number of benzene rings is 2. The zero-order valence-corrected chi connectivity index (χ0v) is 24.1. The smallest absolute Gasteiger partial charge is 0.257 e. The lowest BCUT2D eigenvalue weighted by Gasteiger charge is -2.10. The van der Waals surface area contributed by atoms with Crippen LogP contribution in [0.25, 0.3) is 23.7 Å². The zero-order valence-electron chi connectivity index (χ0n) is 23.3. The Balaban J connectivity index is 1.15. The Kier molecular flexibility index (Phi) is 8.58. The number of aryl methyl sites for hydroxylation is 1. The summed E-state index contributed by atoms with van der Waals surface area (Å²) in [5, 5.41) is 28.5. The van der Waals surface area contributed by atoms with Crippen LogP contribution < -0.4 is 32.3 Å². The summed E-state index contributed by atoms with van der Waals surface area (Å²) in [6.45, 7) is 6.36. The number of halogens is 2. The third-order valence-electron chi connectivity index (χ3n) is 6.61. The molecule has 0 aliphatic heterocycles. The number of nitrogens with one attached hydrogen (secondary N) is 5. The van der Waals surface area contributed by atoms with Crippen molar-refractivity contribution in [1.82, 2.24) is 20.3 Å². The third kappa shape index (κ3) is 6.52. The molecule has 0 saturated heterocycles. The van der Waals surface area contributed by atoms with Crippen LogP contribution in [0.1, 0.15) is 26.4 Å². The van der Waals surface area contributed by atoms with E-state index in [0.29, 0.717) is 67.1 Å². The molecule has 44 heavy (non-hydrogen) atoms. The van der Waals surface area contributed by atoms with E-state index >= 15 is 0 Å². The van der Waals surface area contributed by atoms with Crippen molar-refractivity contribution in [3.63, 3.8) is 0 Å². The molecule has 224 valence electrons. The van der Waals surface area contributed by atoms with Gasteiger partial charge in [0.2, 0.25) is 5.88 Å². The van der Waals surface area contributed by atoms with E-state index in [2.05, 4.69) is 47.7 Å². The van der Waals surface area contributed by atoms with Gasteiger partial charge in [0.1, 0.15) is 11.6 Å². The van der Waals surface area contributed by atoms with Crippen molar-refractivity contribution in [3.05, 3.63) is 93.0 Å². The molecule has 14 heteroatoms. The Bertz CT molecular complexity index is 2020. The molecule has 0 radical (unpaired) electrons. The van der Waals surface area contributed by atoms with E-state index in [9.17, 15) is 19.1 Å². The molecule has 5 aromatic rings. The molecule has 0 atom stereocenters. The SMILES string of the molecule is C=c1c(C(=O)NCCNc2ccc(C(=O)Nc3ccc(Cl)cc3N)cn2)c(C)[nH]c1=CN=Nc1c(O)[nH]c2ccc(F)cc12. The van der Waals surface area contributed by atoms with E-state index < -0.39 is 5.82 Å². The van der Waals surface area contributed by atoms with Gasteiger partial charge in [-0.1, -0.05) is 18.2 Å². The molecule has 12 nitrogen and oxygen atoms in total. The van der Waals surface area contributed by atoms with E-state index in [4.69, 9.17) is 17.3 Å². The molecule has 0 fully saturated rings. The van der Waals surface area contributed by atoms with Gasteiger partial charge in [-0.2, -0.15) is 5.11 Å². The largest absolute Gasteiger partial charge is 0.493 e. The average molecular weight is 616 g/mol. The van der Waals surface area contributed by atoms with Gasteiger partial charge in [-0.05, 0) is 55.5 Å². The van der Waals surface area contributed by atoms with E-state index in [0.717, 1.165) is 0 Å². The molecule has 0 aliphatic carbocycles. The molecule has 0 saturated carbocycles. The summed E-state index contributed by atoms with van der Waals surface area (Å²) in [6.07, 6.45) is 2.79. The number of rotatable bonds is 9. The Morgan fingerprint density at radius 1 is 1.14 bits per heavy atom. The van der Waals surface area contributed by atoms with Crippen molar-refractivity contribution < 1.29 is 19.1 Å². The fourth-order valence-corrected chi connectivity index (χ4v) is 4.61. The van der Waals surface area contributed by atoms with Crippen molar-refractivity contribution >= 4 is 70.0 Å². The molecule has 8 N–H and O–H groups in total. The number of nitrogens with zero attached hydrogens (tertiary/aromatic N) is 3. The Morgan fingerprint density at radius 2 is 1.95 bits per heavy atom. The summed E-state index contributed by atoms with van der Waals surface area (Å²) in [6, 6.07) is 12.1. The number of H-pyrrole nitrogens is 2. The van der Waals surface area contributed by atoms with E-state index in [-0.39, 0.29) is 29.9 Å². The highest BCUT2D eigenvalue weighted by molar-refractivity contribution is 6.31. The van der Waals surface area contributed by atoms with Crippen LogP contribution in [0.3, 0.4) is 0 Å². The van der Waals surface area contributed by atoms with Gasteiger partial charge in [0.15, 0.2) is 5.69 Å². The van der Waals surface area contributed by atoms with E-state index in [1.54, 1.807) is 37.3 Å². The van der Waals surface area contributed by atoms with Crippen LogP contribution in [-0.4, -0.2) is 45.0 Å². The maximum atomic E-state index is 13.7. The number of azo groups is 1.